The first kappa shape index (κ1) is 26.1. The molecule has 0 aliphatic carbocycles. The minimum atomic E-state index is -1.80. The second-order valence-corrected chi connectivity index (χ2v) is 5.69. The predicted molar refractivity (Wildman–Crippen MR) is 102 cm³/mol. The van der Waals surface area contributed by atoms with Crippen LogP contribution in [0.25, 0.3) is 0 Å². The summed E-state index contributed by atoms with van der Waals surface area (Å²) in [5.41, 5.74) is 3.11. The van der Waals surface area contributed by atoms with E-state index in [1.807, 2.05) is 13.8 Å². The first-order valence-corrected chi connectivity index (χ1v) is 9.10. The van der Waals surface area contributed by atoms with Gasteiger partial charge in [0, 0.05) is 0 Å². The summed E-state index contributed by atoms with van der Waals surface area (Å²) < 4.78 is 10.4. The number of aliphatic carboxylic acids is 1. The van der Waals surface area contributed by atoms with Crippen LogP contribution in [0.5, 0.6) is 5.75 Å². The first-order valence-electron chi connectivity index (χ1n) is 9.10. The summed E-state index contributed by atoms with van der Waals surface area (Å²) in [6.45, 7) is 8.02. The van der Waals surface area contributed by atoms with Crippen LogP contribution in [0, 0.1) is 0 Å². The maximum absolute atomic E-state index is 11.0. The molecule has 10 heteroatoms. The lowest BCUT2D eigenvalue weighted by Crippen LogP contribution is -2.61. The summed E-state index contributed by atoms with van der Waals surface area (Å²) >= 11 is 0. The Kier molecular flexibility index (Phi) is 12.3. The molecule has 0 spiro atoms. The number of nitrogens with two attached hydrogens (primary N) is 1. The monoisotopic (exact) mass is 404 g/mol. The average molecular weight is 404 g/mol. The summed E-state index contributed by atoms with van der Waals surface area (Å²) in [5.74, 6) is 3.93. The minimum absolute atomic E-state index is 0.0986. The van der Waals surface area contributed by atoms with Crippen molar-refractivity contribution in [3.05, 3.63) is 23.8 Å². The number of hydrogen-bond donors (Lipinski definition) is 7. The van der Waals surface area contributed by atoms with Crippen LogP contribution in [-0.4, -0.2) is 62.2 Å². The summed E-state index contributed by atoms with van der Waals surface area (Å²) in [4.78, 5) is 11.0. The van der Waals surface area contributed by atoms with Crippen LogP contribution in [0.4, 0.5) is 5.69 Å². The highest BCUT2D eigenvalue weighted by Gasteiger charge is 2.48. The Morgan fingerprint density at radius 3 is 2.21 bits per heavy atom. The van der Waals surface area contributed by atoms with Gasteiger partial charge in [-0.2, -0.15) is 0 Å². The third-order valence-electron chi connectivity index (χ3n) is 3.44. The van der Waals surface area contributed by atoms with Gasteiger partial charge in [-0.25, -0.2) is 4.79 Å². The number of aliphatic hydroxyl groups is 4. The van der Waals surface area contributed by atoms with Gasteiger partial charge in [0.1, 0.15) is 24.1 Å². The van der Waals surface area contributed by atoms with Crippen LogP contribution in [-0.2, 0) is 16.1 Å². The van der Waals surface area contributed by atoms with Crippen molar-refractivity contribution in [1.29, 1.82) is 0 Å². The summed E-state index contributed by atoms with van der Waals surface area (Å²) in [6.07, 6.45) is -7.29. The van der Waals surface area contributed by atoms with Crippen LogP contribution in [0.1, 0.15) is 39.7 Å². The molecule has 1 aromatic rings. The van der Waals surface area contributed by atoms with Crippen molar-refractivity contribution < 1.29 is 39.8 Å². The second kappa shape index (κ2) is 13.3. The van der Waals surface area contributed by atoms with Crippen molar-refractivity contribution >= 4 is 11.7 Å². The lowest BCUT2D eigenvalue weighted by Gasteiger charge is -2.38. The fourth-order valence-electron chi connectivity index (χ4n) is 2.17. The zero-order chi connectivity index (χ0) is 21.9. The third-order valence-corrected chi connectivity index (χ3v) is 3.44. The molecule has 2 rings (SSSR count). The van der Waals surface area contributed by atoms with Gasteiger partial charge < -0.3 is 40.4 Å². The lowest BCUT2D eigenvalue weighted by atomic mass is 9.99. The Hall–Kier alpha value is -1.95. The van der Waals surface area contributed by atoms with E-state index >= 15 is 0 Å². The van der Waals surface area contributed by atoms with Gasteiger partial charge in [-0.3, -0.25) is 5.84 Å². The van der Waals surface area contributed by atoms with Gasteiger partial charge in [0.05, 0.1) is 12.3 Å². The van der Waals surface area contributed by atoms with E-state index in [4.69, 9.17) is 25.5 Å². The van der Waals surface area contributed by atoms with E-state index in [9.17, 15) is 20.1 Å². The number of benzene rings is 1. The number of hydrazine groups is 1. The fourth-order valence-corrected chi connectivity index (χ4v) is 2.17. The molecular formula is C18H32N2O8. The van der Waals surface area contributed by atoms with E-state index in [2.05, 4.69) is 19.3 Å². The fraction of sp³-hybridized carbons (Fsp3) is 0.611. The molecule has 162 valence electrons. The van der Waals surface area contributed by atoms with Crippen LogP contribution in [0.15, 0.2) is 18.2 Å². The number of carboxylic acid groups (broad SMARTS) is 1. The van der Waals surface area contributed by atoms with Gasteiger partial charge in [0.15, 0.2) is 6.10 Å². The molecule has 0 aromatic heterocycles. The second-order valence-electron chi connectivity index (χ2n) is 5.69. The van der Waals surface area contributed by atoms with Gasteiger partial charge in [-0.05, 0) is 17.7 Å². The van der Waals surface area contributed by atoms with E-state index in [1.54, 1.807) is 0 Å². The first-order chi connectivity index (χ1) is 13.3. The van der Waals surface area contributed by atoms with Crippen LogP contribution < -0.4 is 16.0 Å². The highest BCUT2D eigenvalue weighted by molar-refractivity contribution is 5.73. The maximum Gasteiger partial charge on any atom is 0.335 e. The summed E-state index contributed by atoms with van der Waals surface area (Å²) in [5, 5.41) is 47.3. The third kappa shape index (κ3) is 6.89. The molecule has 5 atom stereocenters. The molecule has 1 heterocycles. The standard InChI is InChI=1S/C13H18N2O8.C3H8.C2H6/c14-15-6-3-5(4-16)1-2-7(6)22-13-10(19)8(17)9(18)11(23-13)12(20)21;1-3-2;1-2/h1-3,8-11,13,15-19H,4,14H2,(H,20,21);3H2,1-2H3;1-2H3. The number of nitrogens with one attached hydrogen (secondary N) is 1. The molecule has 0 radical (unpaired) electrons. The summed E-state index contributed by atoms with van der Waals surface area (Å²) in [6, 6.07) is 4.42. The van der Waals surface area contributed by atoms with Gasteiger partial charge >= 0.3 is 5.97 Å². The molecule has 10 nitrogen and oxygen atoms in total. The van der Waals surface area contributed by atoms with Crippen LogP contribution in [0.2, 0.25) is 0 Å². The molecule has 8 N–H and O–H groups in total. The smallest absolute Gasteiger partial charge is 0.335 e. The highest BCUT2D eigenvalue weighted by atomic mass is 16.7. The number of nitrogen functional groups attached to an aromatic ring is 1. The van der Waals surface area contributed by atoms with Gasteiger partial charge in [0.2, 0.25) is 6.29 Å². The van der Waals surface area contributed by atoms with E-state index in [0.29, 0.717) is 5.56 Å². The number of aliphatic hydroxyl groups excluding tert-OH is 4. The van der Waals surface area contributed by atoms with Crippen molar-refractivity contribution in [3.63, 3.8) is 0 Å². The van der Waals surface area contributed by atoms with Crippen LogP contribution >= 0.6 is 0 Å². The lowest BCUT2D eigenvalue weighted by molar-refractivity contribution is -0.271. The molecule has 1 fully saturated rings. The number of carbonyl (C=O) groups is 1. The predicted octanol–water partition coefficient (Wildman–Crippen LogP) is 0.178. The molecule has 1 aromatic carbocycles. The molecule has 1 aliphatic heterocycles. The van der Waals surface area contributed by atoms with Crippen molar-refractivity contribution in [2.45, 2.75) is 71.4 Å². The molecular weight excluding hydrogens is 372 g/mol. The Morgan fingerprint density at radius 2 is 1.75 bits per heavy atom. The molecule has 1 aliphatic rings. The van der Waals surface area contributed by atoms with Crippen molar-refractivity contribution in [2.24, 2.45) is 5.84 Å². The van der Waals surface area contributed by atoms with Crippen molar-refractivity contribution in [3.8, 4) is 5.75 Å². The molecule has 1 saturated heterocycles. The SMILES string of the molecule is CC.CCC.NNc1cc(CO)ccc1OC1OC(C(=O)O)C(O)C(O)C1O. The average Bonchev–Trinajstić information content (AvgIpc) is 2.70. The molecule has 0 bridgehead atoms. The van der Waals surface area contributed by atoms with E-state index < -0.39 is 36.7 Å². The van der Waals surface area contributed by atoms with Crippen molar-refractivity contribution in [2.75, 3.05) is 5.43 Å². The zero-order valence-corrected chi connectivity index (χ0v) is 16.6. The highest BCUT2D eigenvalue weighted by Crippen LogP contribution is 2.30. The van der Waals surface area contributed by atoms with Gasteiger partial charge in [-0.1, -0.05) is 40.2 Å². The van der Waals surface area contributed by atoms with Crippen molar-refractivity contribution in [1.82, 2.24) is 0 Å². The van der Waals surface area contributed by atoms with Gasteiger partial charge in [0.25, 0.3) is 0 Å². The molecule has 5 unspecified atom stereocenters. The van der Waals surface area contributed by atoms with Crippen LogP contribution in [0.3, 0.4) is 0 Å². The number of anilines is 1. The zero-order valence-electron chi connectivity index (χ0n) is 16.6. The van der Waals surface area contributed by atoms with E-state index in [-0.39, 0.29) is 18.0 Å². The quantitative estimate of drug-likeness (QED) is 0.265. The number of carboxylic acids is 1. The number of ether oxygens (including phenoxy) is 2. The Balaban J connectivity index is 0.00000133. The largest absolute Gasteiger partial charge is 0.479 e. The van der Waals surface area contributed by atoms with E-state index in [1.165, 1.54) is 24.6 Å². The van der Waals surface area contributed by atoms with E-state index in [0.717, 1.165) is 0 Å². The minimum Gasteiger partial charge on any atom is -0.479 e. The summed E-state index contributed by atoms with van der Waals surface area (Å²) in [7, 11) is 0. The van der Waals surface area contributed by atoms with Gasteiger partial charge in [-0.15, -0.1) is 0 Å². The number of hydrogen-bond acceptors (Lipinski definition) is 9. The number of rotatable bonds is 5. The molecule has 0 amide bonds. The maximum atomic E-state index is 11.0. The topological polar surface area (TPSA) is 175 Å². The molecule has 0 saturated carbocycles. The normalized spacial score (nSPS) is 26.1. The Bertz CT molecular complexity index is 587. The Labute approximate surface area is 164 Å². The molecule has 28 heavy (non-hydrogen) atoms. The Morgan fingerprint density at radius 1 is 1.18 bits per heavy atom.